The zero-order chi connectivity index (χ0) is 62.5. The predicted molar refractivity (Wildman–Crippen MR) is 189 cm³/mol. The van der Waals surface area contributed by atoms with Gasteiger partial charge in [0.15, 0.2) is 6.10 Å². The molecule has 17 nitrogen and oxygen atoms in total. The third-order valence-corrected chi connectivity index (χ3v) is 12.1. The van der Waals surface area contributed by atoms with Crippen molar-refractivity contribution in [2.24, 2.45) is 5.92 Å². The van der Waals surface area contributed by atoms with Crippen LogP contribution in [0.5, 0.6) is 0 Å². The van der Waals surface area contributed by atoms with E-state index in [0.717, 1.165) is 7.11 Å². The first kappa shape index (κ1) is 76.2. The highest BCUT2D eigenvalue weighted by Crippen LogP contribution is 2.55. The molecular weight excluding hydrogens is 1260 g/mol. The molecule has 0 aliphatic rings. The third-order valence-electron chi connectivity index (χ3n) is 9.27. The summed E-state index contributed by atoms with van der Waals surface area (Å²) < 4.78 is 457. The van der Waals surface area contributed by atoms with Gasteiger partial charge < -0.3 is 28.9 Å². The molecule has 48 heteroatoms. The lowest BCUT2D eigenvalue weighted by atomic mass is 9.97. The van der Waals surface area contributed by atoms with E-state index in [-0.39, 0.29) is 0 Å². The molecule has 78 heavy (non-hydrogen) atoms. The molecule has 0 radical (unpaired) electrons. The van der Waals surface area contributed by atoms with Crippen LogP contribution in [-0.4, -0.2) is 165 Å². The highest BCUT2D eigenvalue weighted by Gasteiger charge is 2.75. The van der Waals surface area contributed by atoms with E-state index in [1.165, 1.54) is 0 Å². The van der Waals surface area contributed by atoms with Gasteiger partial charge in [-0.15, -0.1) is 0 Å². The van der Waals surface area contributed by atoms with Crippen LogP contribution in [0.3, 0.4) is 0 Å². The van der Waals surface area contributed by atoms with Crippen LogP contribution in [-0.2, 0) is 64.5 Å². The van der Waals surface area contributed by atoms with Crippen molar-refractivity contribution in [1.82, 2.24) is 0 Å². The number of phosphoric acid groups is 3. The van der Waals surface area contributed by atoms with Gasteiger partial charge in [-0.25, -0.2) is 22.5 Å². The van der Waals surface area contributed by atoms with Crippen LogP contribution in [0.15, 0.2) is 0 Å². The molecule has 0 heterocycles. The molecule has 0 aliphatic carbocycles. The highest BCUT2D eigenvalue weighted by molar-refractivity contribution is 7.47. The predicted octanol–water partition coefficient (Wildman–Crippen LogP) is 11.6. The Morgan fingerprint density at radius 1 is 0.436 bits per heavy atom. The minimum absolute atomic E-state index is 0.560. The van der Waals surface area contributed by atoms with Crippen LogP contribution in [0.25, 0.3) is 0 Å². The van der Waals surface area contributed by atoms with Gasteiger partial charge in [0.2, 0.25) is 0 Å². The van der Waals surface area contributed by atoms with E-state index < -0.39 is 206 Å². The van der Waals surface area contributed by atoms with Crippen molar-refractivity contribution >= 4 is 23.5 Å². The van der Waals surface area contributed by atoms with Crippen LogP contribution in [0, 0.1) is 5.92 Å². The second-order valence-corrected chi connectivity index (χ2v) is 19.7. The molecule has 0 aliphatic heterocycles. The zero-order valence-electron chi connectivity index (χ0n) is 38.2. The average molecular weight is 1290 g/mol. The highest BCUT2D eigenvalue weighted by atomic mass is 31.2. The Balaban J connectivity index is 7.19. The lowest BCUT2D eigenvalue weighted by Crippen LogP contribution is -2.61. The summed E-state index contributed by atoms with van der Waals surface area (Å²) in [6.45, 7) is -20.6. The summed E-state index contributed by atoms with van der Waals surface area (Å²) in [7, 11) is -19.1. The van der Waals surface area contributed by atoms with Gasteiger partial charge in [-0.2, -0.15) is 114 Å². The third kappa shape index (κ3) is 21.4. The van der Waals surface area contributed by atoms with Crippen LogP contribution >= 0.6 is 23.5 Å². The summed E-state index contributed by atoms with van der Waals surface area (Å²) in [5.41, 5.74) is -15.3. The minimum atomic E-state index is -7.08. The Hall–Kier alpha value is -1.83. The topological polar surface area (TPSA) is 213 Å². The van der Waals surface area contributed by atoms with E-state index in [9.17, 15) is 151 Å². The van der Waals surface area contributed by atoms with Crippen LogP contribution < -0.4 is 0 Å². The van der Waals surface area contributed by atoms with E-state index >= 15 is 0 Å². The van der Waals surface area contributed by atoms with E-state index in [2.05, 4.69) is 46.1 Å². The molecular formula is C30H37F28O17P3. The summed E-state index contributed by atoms with van der Waals surface area (Å²) in [5, 5.41) is 0. The van der Waals surface area contributed by atoms with Gasteiger partial charge in [0, 0.05) is 20.0 Å². The molecule has 0 aromatic rings. The lowest BCUT2D eigenvalue weighted by Gasteiger charge is -2.37. The number of phosphoric ester groups is 3. The molecule has 0 aromatic heterocycles. The number of halogens is 28. The molecule has 0 fully saturated rings. The first-order valence-corrected chi connectivity index (χ1v) is 23.8. The van der Waals surface area contributed by atoms with Gasteiger partial charge in [-0.05, 0) is 20.8 Å². The van der Waals surface area contributed by atoms with Crippen molar-refractivity contribution in [2.75, 3.05) is 60.0 Å². The van der Waals surface area contributed by atoms with Gasteiger partial charge in [0.25, 0.3) is 11.3 Å². The molecule has 0 saturated heterocycles. The fraction of sp³-hybridized carbons (Fsp3) is 1.00. The van der Waals surface area contributed by atoms with Gasteiger partial charge in [-0.3, -0.25) is 36.6 Å². The Morgan fingerprint density at radius 2 is 0.795 bits per heavy atom. The van der Waals surface area contributed by atoms with Crippen molar-refractivity contribution in [3.8, 4) is 0 Å². The van der Waals surface area contributed by atoms with Crippen LogP contribution in [0.1, 0.15) is 33.6 Å². The zero-order valence-corrected chi connectivity index (χ0v) is 40.9. The molecule has 0 aromatic carbocycles. The second-order valence-electron chi connectivity index (χ2n) is 15.4. The molecule has 0 bridgehead atoms. The molecule has 0 saturated carbocycles. The minimum Gasteiger partial charge on any atom is -0.382 e. The van der Waals surface area contributed by atoms with Gasteiger partial charge in [0.05, 0.1) is 45.2 Å². The molecule has 10 atom stereocenters. The fourth-order valence-corrected chi connectivity index (χ4v) is 6.49. The molecule has 3 N–H and O–H groups in total. The number of alkyl halides is 28. The molecule has 0 spiro atoms. The lowest BCUT2D eigenvalue weighted by molar-refractivity contribution is -0.460. The molecule has 10 unspecified atom stereocenters. The first-order chi connectivity index (χ1) is 34.0. The molecule has 470 valence electrons. The maximum absolute atomic E-state index is 14.9. The molecule has 0 rings (SSSR count). The number of hydrogen-bond donors (Lipinski definition) is 3. The Bertz CT molecular complexity index is 2050. The molecule has 0 amide bonds. The van der Waals surface area contributed by atoms with Crippen molar-refractivity contribution in [2.45, 2.75) is 124 Å². The van der Waals surface area contributed by atoms with Gasteiger partial charge in [-0.1, -0.05) is 0 Å². The summed E-state index contributed by atoms with van der Waals surface area (Å²) >= 11 is 0. The van der Waals surface area contributed by atoms with Crippen LogP contribution in [0.2, 0.25) is 0 Å². The van der Waals surface area contributed by atoms with Crippen LogP contribution in [0.4, 0.5) is 123 Å². The first-order valence-electron chi connectivity index (χ1n) is 19.3. The number of ether oxygens (including phenoxy) is 5. The number of hydrogen-bond acceptors (Lipinski definition) is 14. The summed E-state index contributed by atoms with van der Waals surface area (Å²) in [5.74, 6) is -17.0. The van der Waals surface area contributed by atoms with Crippen molar-refractivity contribution in [1.29, 1.82) is 0 Å². The van der Waals surface area contributed by atoms with E-state index in [1.807, 2.05) is 0 Å². The Labute approximate surface area is 415 Å². The maximum Gasteiger partial charge on any atom is 0.472 e. The maximum atomic E-state index is 14.9. The number of methoxy groups -OCH3 is 1. The Kier molecular flexibility index (Phi) is 25.0. The van der Waals surface area contributed by atoms with E-state index in [0.29, 0.717) is 0 Å². The Morgan fingerprint density at radius 3 is 1.15 bits per heavy atom. The second kappa shape index (κ2) is 25.6. The summed E-state index contributed by atoms with van der Waals surface area (Å²) in [6.07, 6.45) is -67.7. The van der Waals surface area contributed by atoms with Gasteiger partial charge in [0.1, 0.15) is 19.1 Å². The van der Waals surface area contributed by atoms with Crippen molar-refractivity contribution in [3.63, 3.8) is 0 Å². The SMILES string of the molecule is COCCOC(CCOP(=O)(O)OCC(OC(F)(F)C(C)(F)C(F)(F)F)C(F)(F)F)(CCOP(=O)(O)OCC(F)(OC(F)(F)C(C)(F)C(F)(F)F)C(F)(F)F)COP(=O)(O)OCC(F)(OC(F)(F)C(C)C(F)(F)F)C(F)(F)F. The average Bonchev–Trinajstić information content (AvgIpc) is 3.20. The van der Waals surface area contributed by atoms with Crippen molar-refractivity contribution < 1.29 is 202 Å². The quantitative estimate of drug-likeness (QED) is 0.0317. The largest absolute Gasteiger partial charge is 0.472 e. The number of rotatable bonds is 33. The fourth-order valence-electron chi connectivity index (χ4n) is 4.24. The van der Waals surface area contributed by atoms with Gasteiger partial charge >= 0.3 is 90.6 Å². The van der Waals surface area contributed by atoms with Crippen molar-refractivity contribution in [3.05, 3.63) is 0 Å². The summed E-state index contributed by atoms with van der Waals surface area (Å²) in [4.78, 5) is 29.8. The monoisotopic (exact) mass is 1290 g/mol. The smallest absolute Gasteiger partial charge is 0.382 e. The summed E-state index contributed by atoms with van der Waals surface area (Å²) in [6, 6.07) is 0. The normalized spacial score (nSPS) is 21.4. The standard InChI is InChI=1S/C30H37F28O17P3/c1-15(22(35,36)37)24(41,42)74-20(33,27(49,50)51)13-72-78(63,64)70-12-19(66-10-9-65-4,5-7-67-76(59,60)69-11-16(23(38,39)40)73-29(55,56)17(2,31)25(43,44)45)6-8-68-77(61,62)71-14-21(34,28(52,53)54)75-30(57,58)18(3,32)26(46,47)48/h15-16H,5-14H2,1-4H3,(H,59,60)(H,61,62)(H,63,64). The van der Waals surface area contributed by atoms with E-state index in [4.69, 9.17) is 4.74 Å². The van der Waals surface area contributed by atoms with E-state index in [1.54, 1.807) is 0 Å².